The molecule has 0 spiro atoms. The van der Waals surface area contributed by atoms with Crippen LogP contribution in [0.15, 0.2) is 12.2 Å². The van der Waals surface area contributed by atoms with Crippen LogP contribution < -0.4 is 0 Å². The molecule has 0 aromatic heterocycles. The van der Waals surface area contributed by atoms with Crippen LogP contribution in [0.4, 0.5) is 0 Å². The third kappa shape index (κ3) is 27.7. The van der Waals surface area contributed by atoms with Gasteiger partial charge in [0.05, 0.1) is 0 Å². The molecule has 0 bridgehead atoms. The first-order valence-corrected chi connectivity index (χ1v) is 14.4. The van der Waals surface area contributed by atoms with Gasteiger partial charge in [0.2, 0.25) is 0 Å². The smallest absolute Gasteiger partial charge is 0.0351 e. The van der Waals surface area contributed by atoms with E-state index in [2.05, 4.69) is 26.0 Å². The van der Waals surface area contributed by atoms with Gasteiger partial charge in [0.25, 0.3) is 0 Å². The van der Waals surface area contributed by atoms with Gasteiger partial charge in [-0.2, -0.15) is 0 Å². The molecule has 0 unspecified atom stereocenters. The summed E-state index contributed by atoms with van der Waals surface area (Å²) in [5.41, 5.74) is 0. The van der Waals surface area contributed by atoms with Gasteiger partial charge in [0.15, 0.2) is 0 Å². The second-order valence-corrected chi connectivity index (χ2v) is 9.68. The molecule has 0 heterocycles. The maximum atomic E-state index is 3.92. The van der Waals surface area contributed by atoms with Gasteiger partial charge in [-0.3, -0.25) is 0 Å². The van der Waals surface area contributed by atoms with Crippen molar-refractivity contribution in [1.82, 2.24) is 0 Å². The number of unbranched alkanes of at least 4 members (excludes halogenated alkanes) is 24. The van der Waals surface area contributed by atoms with Gasteiger partial charge in [-0.1, -0.05) is 174 Å². The summed E-state index contributed by atoms with van der Waals surface area (Å²) in [5, 5.41) is 0. The molecule has 0 N–H and O–H groups in total. The van der Waals surface area contributed by atoms with E-state index in [9.17, 15) is 0 Å². The van der Waals surface area contributed by atoms with Gasteiger partial charge >= 0.3 is 0 Å². The van der Waals surface area contributed by atoms with Crippen molar-refractivity contribution in [3.8, 4) is 0 Å². The number of hydrogen-bond donors (Lipinski definition) is 0. The first-order valence-electron chi connectivity index (χ1n) is 14.4. The summed E-state index contributed by atoms with van der Waals surface area (Å²) >= 11 is 0. The van der Waals surface area contributed by atoms with Crippen molar-refractivity contribution >= 4 is 0 Å². The zero-order chi connectivity index (χ0) is 21.8. The SMILES string of the molecule is [CH2]CCCCCCCCCCCCCCCCCCCCCCCCC=CCCC. The normalized spacial score (nSPS) is 11.7. The Labute approximate surface area is 193 Å². The Balaban J connectivity index is 3.00. The Morgan fingerprint density at radius 3 is 0.933 bits per heavy atom. The topological polar surface area (TPSA) is 0 Å². The molecule has 1 radical (unpaired) electrons. The molecule has 0 aromatic carbocycles. The number of hydrogen-bond acceptors (Lipinski definition) is 0. The molecular weight excluding hydrogens is 360 g/mol. The van der Waals surface area contributed by atoms with Crippen LogP contribution >= 0.6 is 0 Å². The summed E-state index contributed by atoms with van der Waals surface area (Å²) in [4.78, 5) is 0. The predicted molar refractivity (Wildman–Crippen MR) is 140 cm³/mol. The van der Waals surface area contributed by atoms with E-state index in [0.29, 0.717) is 0 Å². The average molecular weight is 420 g/mol. The molecule has 0 nitrogen and oxygen atoms in total. The van der Waals surface area contributed by atoms with Crippen molar-refractivity contribution in [2.75, 3.05) is 0 Å². The summed E-state index contributed by atoms with van der Waals surface area (Å²) in [6.45, 7) is 6.17. The van der Waals surface area contributed by atoms with Crippen molar-refractivity contribution < 1.29 is 0 Å². The van der Waals surface area contributed by atoms with Gasteiger partial charge in [-0.05, 0) is 19.3 Å². The third-order valence-corrected chi connectivity index (χ3v) is 6.49. The molecule has 0 atom stereocenters. The minimum Gasteiger partial charge on any atom is -0.0885 e. The zero-order valence-corrected chi connectivity index (χ0v) is 21.2. The van der Waals surface area contributed by atoms with Crippen LogP contribution in [0.5, 0.6) is 0 Å². The summed E-state index contributed by atoms with van der Waals surface area (Å²) < 4.78 is 0. The second-order valence-electron chi connectivity index (χ2n) is 9.68. The van der Waals surface area contributed by atoms with E-state index in [4.69, 9.17) is 0 Å². The maximum Gasteiger partial charge on any atom is -0.0351 e. The Morgan fingerprint density at radius 1 is 0.367 bits per heavy atom. The van der Waals surface area contributed by atoms with Crippen LogP contribution in [0.3, 0.4) is 0 Å². The standard InChI is InChI=1S/C30H59/c1-3-5-7-9-11-13-15-17-19-21-23-25-27-29-30-28-26-24-22-20-18-16-14-12-10-8-6-4-2/h8,10H,1,3-7,9,11-30H2,2H3. The van der Waals surface area contributed by atoms with Crippen LogP contribution in [-0.4, -0.2) is 0 Å². The Kier molecular flexibility index (Phi) is 28.5. The van der Waals surface area contributed by atoms with Crippen LogP contribution in [0.25, 0.3) is 0 Å². The predicted octanol–water partition coefficient (Wildman–Crippen LogP) is 11.5. The van der Waals surface area contributed by atoms with Crippen LogP contribution in [0, 0.1) is 6.92 Å². The maximum absolute atomic E-state index is 3.92. The van der Waals surface area contributed by atoms with E-state index in [-0.39, 0.29) is 0 Å². The third-order valence-electron chi connectivity index (χ3n) is 6.49. The Hall–Kier alpha value is -0.260. The molecule has 30 heavy (non-hydrogen) atoms. The Morgan fingerprint density at radius 2 is 0.633 bits per heavy atom. The summed E-state index contributed by atoms with van der Waals surface area (Å²) in [5.74, 6) is 0. The van der Waals surface area contributed by atoms with Crippen molar-refractivity contribution in [2.45, 2.75) is 174 Å². The molecule has 0 saturated heterocycles. The number of allylic oxidation sites excluding steroid dienone is 2. The molecular formula is C30H59. The van der Waals surface area contributed by atoms with E-state index < -0.39 is 0 Å². The molecule has 0 aliphatic heterocycles. The fraction of sp³-hybridized carbons (Fsp3) is 0.900. The molecule has 0 heteroatoms. The molecule has 179 valence electrons. The van der Waals surface area contributed by atoms with Crippen molar-refractivity contribution in [1.29, 1.82) is 0 Å². The lowest BCUT2D eigenvalue weighted by atomic mass is 10.0. The van der Waals surface area contributed by atoms with Gasteiger partial charge in [0.1, 0.15) is 0 Å². The van der Waals surface area contributed by atoms with Crippen molar-refractivity contribution in [3.63, 3.8) is 0 Å². The fourth-order valence-corrected chi connectivity index (χ4v) is 4.38. The van der Waals surface area contributed by atoms with Gasteiger partial charge in [0, 0.05) is 0 Å². The fourth-order valence-electron chi connectivity index (χ4n) is 4.38. The van der Waals surface area contributed by atoms with E-state index in [1.54, 1.807) is 0 Å². The monoisotopic (exact) mass is 419 g/mol. The summed E-state index contributed by atoms with van der Waals surface area (Å²) in [6, 6.07) is 0. The lowest BCUT2D eigenvalue weighted by molar-refractivity contribution is 0.518. The molecule has 0 aliphatic rings. The molecule has 0 aliphatic carbocycles. The van der Waals surface area contributed by atoms with E-state index in [1.165, 1.54) is 161 Å². The van der Waals surface area contributed by atoms with Gasteiger partial charge < -0.3 is 0 Å². The van der Waals surface area contributed by atoms with E-state index in [0.717, 1.165) is 6.42 Å². The highest BCUT2D eigenvalue weighted by Crippen LogP contribution is 2.15. The van der Waals surface area contributed by atoms with Crippen LogP contribution in [0.2, 0.25) is 0 Å². The quantitative estimate of drug-likeness (QED) is 0.0965. The highest BCUT2D eigenvalue weighted by molar-refractivity contribution is 4.80. The van der Waals surface area contributed by atoms with E-state index >= 15 is 0 Å². The van der Waals surface area contributed by atoms with Gasteiger partial charge in [-0.15, -0.1) is 0 Å². The van der Waals surface area contributed by atoms with Crippen LogP contribution in [-0.2, 0) is 0 Å². The summed E-state index contributed by atoms with van der Waals surface area (Å²) in [7, 11) is 0. The lowest BCUT2D eigenvalue weighted by Crippen LogP contribution is -1.84. The van der Waals surface area contributed by atoms with Gasteiger partial charge in [-0.25, -0.2) is 0 Å². The minimum atomic E-state index is 1.12. The highest BCUT2D eigenvalue weighted by Gasteiger charge is 1.95. The van der Waals surface area contributed by atoms with Crippen molar-refractivity contribution in [2.24, 2.45) is 0 Å². The molecule has 0 saturated carbocycles. The van der Waals surface area contributed by atoms with Crippen LogP contribution in [0.1, 0.15) is 174 Å². The molecule has 0 rings (SSSR count). The van der Waals surface area contributed by atoms with E-state index in [1.807, 2.05) is 0 Å². The zero-order valence-electron chi connectivity index (χ0n) is 21.2. The molecule has 0 fully saturated rings. The molecule has 0 amide bonds. The Bertz CT molecular complexity index is 303. The highest BCUT2D eigenvalue weighted by atomic mass is 14.0. The first-order chi connectivity index (χ1) is 14.9. The first kappa shape index (κ1) is 29.7. The minimum absolute atomic E-state index is 1.12. The second kappa shape index (κ2) is 28.7. The van der Waals surface area contributed by atoms with Crippen molar-refractivity contribution in [3.05, 3.63) is 19.1 Å². The average Bonchev–Trinajstić information content (AvgIpc) is 2.76. The lowest BCUT2D eigenvalue weighted by Gasteiger charge is -2.04. The largest absolute Gasteiger partial charge is 0.0885 e. The molecule has 0 aromatic rings. The summed E-state index contributed by atoms with van der Waals surface area (Å²) in [6.07, 6.45) is 41.8. The number of rotatable bonds is 26.